The first kappa shape index (κ1) is 18.6. The molecular formula is C18H19FN4O4. The molecule has 0 saturated heterocycles. The molecule has 0 aliphatic carbocycles. The summed E-state index contributed by atoms with van der Waals surface area (Å²) in [5.41, 5.74) is -1.41. The second-order valence-corrected chi connectivity index (χ2v) is 6.76. The Labute approximate surface area is 154 Å². The van der Waals surface area contributed by atoms with E-state index < -0.39 is 34.3 Å². The number of carbonyl (C=O) groups excluding carboxylic acids is 2. The lowest BCUT2D eigenvalue weighted by molar-refractivity contribution is -0.125. The van der Waals surface area contributed by atoms with Crippen LogP contribution in [0.1, 0.15) is 35.7 Å². The molecule has 1 aliphatic heterocycles. The standard InChI is InChI=1S/C18H19FN4O4/c1-18(2)17-21-13(14(25)16(27)23(17)8-7-22(18)10-24)15(26)20-9-11-3-5-12(19)6-4-11/h3-6,10,25H,7-9H2,1-2H3,(H,20,26). The van der Waals surface area contributed by atoms with Crippen LogP contribution in [0.25, 0.3) is 0 Å². The number of aromatic hydroxyl groups is 1. The number of benzene rings is 1. The first-order valence-corrected chi connectivity index (χ1v) is 8.34. The highest BCUT2D eigenvalue weighted by Crippen LogP contribution is 2.29. The Morgan fingerprint density at radius 3 is 2.63 bits per heavy atom. The molecule has 27 heavy (non-hydrogen) atoms. The van der Waals surface area contributed by atoms with Crippen molar-refractivity contribution in [2.45, 2.75) is 32.5 Å². The van der Waals surface area contributed by atoms with Gasteiger partial charge in [0.2, 0.25) is 12.2 Å². The fraction of sp³-hybridized carbons (Fsp3) is 0.333. The highest BCUT2D eigenvalue weighted by atomic mass is 19.1. The number of nitrogens with one attached hydrogen (secondary N) is 1. The third-order valence-electron chi connectivity index (χ3n) is 4.68. The molecule has 0 radical (unpaired) electrons. The predicted octanol–water partition coefficient (Wildman–Crippen LogP) is 0.725. The van der Waals surface area contributed by atoms with Gasteiger partial charge in [-0.05, 0) is 31.5 Å². The van der Waals surface area contributed by atoms with Crippen molar-refractivity contribution in [1.82, 2.24) is 19.8 Å². The molecule has 1 aromatic carbocycles. The molecule has 2 N–H and O–H groups in total. The molecule has 8 nitrogen and oxygen atoms in total. The number of hydrogen-bond donors (Lipinski definition) is 2. The molecule has 2 amide bonds. The van der Waals surface area contributed by atoms with Crippen LogP contribution in [0.4, 0.5) is 4.39 Å². The van der Waals surface area contributed by atoms with E-state index in [1.54, 1.807) is 13.8 Å². The van der Waals surface area contributed by atoms with Crippen LogP contribution in [0, 0.1) is 5.82 Å². The fourth-order valence-corrected chi connectivity index (χ4v) is 3.05. The van der Waals surface area contributed by atoms with Gasteiger partial charge in [-0.3, -0.25) is 19.0 Å². The highest BCUT2D eigenvalue weighted by Gasteiger charge is 2.38. The minimum atomic E-state index is -0.918. The fourth-order valence-electron chi connectivity index (χ4n) is 3.05. The van der Waals surface area contributed by atoms with Crippen molar-refractivity contribution in [3.8, 4) is 5.75 Å². The quantitative estimate of drug-likeness (QED) is 0.768. The van der Waals surface area contributed by atoms with E-state index in [1.165, 1.54) is 33.7 Å². The minimum Gasteiger partial charge on any atom is -0.501 e. The van der Waals surface area contributed by atoms with Gasteiger partial charge in [0.15, 0.2) is 5.69 Å². The van der Waals surface area contributed by atoms with E-state index in [2.05, 4.69) is 10.3 Å². The van der Waals surface area contributed by atoms with Crippen molar-refractivity contribution in [3.63, 3.8) is 0 Å². The van der Waals surface area contributed by atoms with Gasteiger partial charge in [0, 0.05) is 19.6 Å². The molecule has 0 atom stereocenters. The SMILES string of the molecule is CC1(C)c2nc(C(=O)NCc3ccc(F)cc3)c(O)c(=O)n2CCN1C=O. The summed E-state index contributed by atoms with van der Waals surface area (Å²) in [5.74, 6) is -1.66. The Hall–Kier alpha value is -3.23. The average Bonchev–Trinajstić information content (AvgIpc) is 2.64. The molecule has 0 fully saturated rings. The minimum absolute atomic E-state index is 0.0719. The van der Waals surface area contributed by atoms with Gasteiger partial charge in [0.05, 0.1) is 5.54 Å². The maximum atomic E-state index is 12.9. The topological polar surface area (TPSA) is 105 Å². The Morgan fingerprint density at radius 1 is 1.33 bits per heavy atom. The zero-order valence-electron chi connectivity index (χ0n) is 14.9. The van der Waals surface area contributed by atoms with E-state index in [9.17, 15) is 23.9 Å². The van der Waals surface area contributed by atoms with Gasteiger partial charge >= 0.3 is 0 Å². The molecule has 142 valence electrons. The molecule has 0 spiro atoms. The van der Waals surface area contributed by atoms with Crippen LogP contribution in [0.15, 0.2) is 29.1 Å². The van der Waals surface area contributed by atoms with Gasteiger partial charge in [0.1, 0.15) is 11.6 Å². The van der Waals surface area contributed by atoms with E-state index in [0.29, 0.717) is 18.5 Å². The molecule has 2 aromatic rings. The predicted molar refractivity (Wildman–Crippen MR) is 93.5 cm³/mol. The summed E-state index contributed by atoms with van der Waals surface area (Å²) in [7, 11) is 0. The molecule has 3 rings (SSSR count). The zero-order chi connectivity index (χ0) is 19.8. The average molecular weight is 374 g/mol. The van der Waals surface area contributed by atoms with E-state index in [0.717, 1.165) is 0 Å². The van der Waals surface area contributed by atoms with Crippen molar-refractivity contribution in [2.24, 2.45) is 0 Å². The van der Waals surface area contributed by atoms with Crippen LogP contribution in [0.3, 0.4) is 0 Å². The number of carbonyl (C=O) groups is 2. The second kappa shape index (κ2) is 6.82. The third-order valence-corrected chi connectivity index (χ3v) is 4.68. The van der Waals surface area contributed by atoms with Crippen LogP contribution >= 0.6 is 0 Å². The summed E-state index contributed by atoms with van der Waals surface area (Å²) in [6.07, 6.45) is 0.663. The van der Waals surface area contributed by atoms with Gasteiger partial charge in [-0.15, -0.1) is 0 Å². The van der Waals surface area contributed by atoms with Gasteiger partial charge in [-0.1, -0.05) is 12.1 Å². The van der Waals surface area contributed by atoms with Crippen LogP contribution in [0.2, 0.25) is 0 Å². The number of hydrogen-bond acceptors (Lipinski definition) is 5. The smallest absolute Gasteiger partial charge is 0.296 e. The van der Waals surface area contributed by atoms with E-state index in [4.69, 9.17) is 0 Å². The second-order valence-electron chi connectivity index (χ2n) is 6.76. The lowest BCUT2D eigenvalue weighted by atomic mass is 9.99. The first-order chi connectivity index (χ1) is 12.8. The summed E-state index contributed by atoms with van der Waals surface area (Å²) in [6.45, 7) is 3.95. The Kier molecular flexibility index (Phi) is 4.69. The Balaban J connectivity index is 1.93. The van der Waals surface area contributed by atoms with Crippen molar-refractivity contribution >= 4 is 12.3 Å². The van der Waals surface area contributed by atoms with Crippen LogP contribution in [-0.4, -0.2) is 38.4 Å². The molecule has 0 saturated carbocycles. The summed E-state index contributed by atoms with van der Waals surface area (Å²) in [5, 5.41) is 12.7. The molecule has 0 unspecified atom stereocenters. The first-order valence-electron chi connectivity index (χ1n) is 8.34. The normalized spacial score (nSPS) is 15.1. The van der Waals surface area contributed by atoms with Crippen molar-refractivity contribution in [2.75, 3.05) is 6.54 Å². The summed E-state index contributed by atoms with van der Waals surface area (Å²) in [6, 6.07) is 5.55. The van der Waals surface area contributed by atoms with Gasteiger partial charge in [-0.2, -0.15) is 0 Å². The molecule has 1 aliphatic rings. The third kappa shape index (κ3) is 3.27. The number of nitrogens with zero attached hydrogens (tertiary/aromatic N) is 3. The number of aromatic nitrogens is 2. The lowest BCUT2D eigenvalue weighted by Crippen LogP contribution is -2.52. The number of halogens is 1. The molecule has 2 heterocycles. The van der Waals surface area contributed by atoms with Gasteiger partial charge < -0.3 is 15.3 Å². The van der Waals surface area contributed by atoms with Crippen molar-refractivity contribution in [3.05, 3.63) is 57.5 Å². The van der Waals surface area contributed by atoms with Crippen molar-refractivity contribution < 1.29 is 19.1 Å². The van der Waals surface area contributed by atoms with Crippen molar-refractivity contribution in [1.29, 1.82) is 0 Å². The van der Waals surface area contributed by atoms with Gasteiger partial charge in [-0.25, -0.2) is 9.37 Å². The summed E-state index contributed by atoms with van der Waals surface area (Å²) in [4.78, 5) is 41.9. The largest absolute Gasteiger partial charge is 0.501 e. The van der Waals surface area contributed by atoms with Crippen LogP contribution in [0.5, 0.6) is 5.75 Å². The monoisotopic (exact) mass is 374 g/mol. The van der Waals surface area contributed by atoms with E-state index >= 15 is 0 Å². The molecular weight excluding hydrogens is 355 g/mol. The van der Waals surface area contributed by atoms with E-state index in [-0.39, 0.29) is 18.9 Å². The van der Waals surface area contributed by atoms with Gasteiger partial charge in [0.25, 0.3) is 11.5 Å². The number of amides is 2. The summed E-state index contributed by atoms with van der Waals surface area (Å²) < 4.78 is 14.2. The lowest BCUT2D eigenvalue weighted by Gasteiger charge is -2.40. The Morgan fingerprint density at radius 2 is 2.00 bits per heavy atom. The summed E-state index contributed by atoms with van der Waals surface area (Å²) >= 11 is 0. The maximum Gasteiger partial charge on any atom is 0.296 e. The van der Waals surface area contributed by atoms with E-state index in [1.807, 2.05) is 0 Å². The highest BCUT2D eigenvalue weighted by molar-refractivity contribution is 5.94. The maximum absolute atomic E-state index is 12.9. The number of fused-ring (bicyclic) bond motifs is 1. The zero-order valence-corrected chi connectivity index (χ0v) is 14.9. The number of rotatable bonds is 4. The van der Waals surface area contributed by atoms with Crippen LogP contribution < -0.4 is 10.9 Å². The molecule has 0 bridgehead atoms. The molecule has 1 aromatic heterocycles. The van der Waals surface area contributed by atoms with Crippen LogP contribution in [-0.2, 0) is 23.4 Å². The molecule has 9 heteroatoms. The Bertz CT molecular complexity index is 953.